The molecule has 0 aliphatic rings. The van der Waals surface area contributed by atoms with Gasteiger partial charge in [-0.05, 0) is 26.8 Å². The van der Waals surface area contributed by atoms with Crippen LogP contribution in [0.15, 0.2) is 24.3 Å². The Balaban J connectivity index is 3.47. The van der Waals surface area contributed by atoms with Gasteiger partial charge in [0.1, 0.15) is 5.75 Å². The van der Waals surface area contributed by atoms with Gasteiger partial charge in [-0.3, -0.25) is 4.79 Å². The monoisotopic (exact) mass is 279 g/mol. The minimum Gasteiger partial charge on any atom is -0.493 e. The van der Waals surface area contributed by atoms with E-state index in [2.05, 4.69) is 0 Å². The third-order valence-electron chi connectivity index (χ3n) is 3.36. The first kappa shape index (κ1) is 16.0. The van der Waals surface area contributed by atoms with Crippen LogP contribution in [0.1, 0.15) is 33.3 Å². The van der Waals surface area contributed by atoms with E-state index in [-0.39, 0.29) is 5.91 Å². The number of carbonyl (C=O) groups excluding carboxylic acids is 1. The highest BCUT2D eigenvalue weighted by Gasteiger charge is 2.44. The maximum absolute atomic E-state index is 11.8. The zero-order valence-corrected chi connectivity index (χ0v) is 12.3. The van der Waals surface area contributed by atoms with E-state index in [9.17, 15) is 14.7 Å². The summed E-state index contributed by atoms with van der Waals surface area (Å²) in [4.78, 5) is 25.0. The fourth-order valence-electron chi connectivity index (χ4n) is 2.38. The van der Waals surface area contributed by atoms with Crippen molar-refractivity contribution in [2.45, 2.75) is 33.2 Å². The number of nitrogens with zero attached hydrogens (tertiary/aromatic N) is 1. The molecular weight excluding hydrogens is 258 g/mol. The van der Waals surface area contributed by atoms with Gasteiger partial charge < -0.3 is 14.7 Å². The minimum atomic E-state index is -1.45. The van der Waals surface area contributed by atoms with Crippen LogP contribution in [0, 0.1) is 0 Å². The molecule has 1 rings (SSSR count). The molecule has 1 aromatic carbocycles. The molecule has 0 aliphatic carbocycles. The minimum absolute atomic E-state index is 0.288. The maximum Gasteiger partial charge on any atom is 0.334 e. The van der Waals surface area contributed by atoms with Gasteiger partial charge in [0.25, 0.3) is 0 Å². The standard InChI is InChI=1S/C15H21NO4/c1-5-16(11(3)17)15(4,14(18)19)12-9-7-8-10-13(12)20-6-2/h7-10H,5-6H2,1-4H3,(H,18,19). The molecule has 1 amide bonds. The summed E-state index contributed by atoms with van der Waals surface area (Å²) in [6, 6.07) is 6.92. The molecule has 0 aliphatic heterocycles. The highest BCUT2D eigenvalue weighted by molar-refractivity contribution is 5.87. The summed E-state index contributed by atoms with van der Waals surface area (Å²) in [5.74, 6) is -0.884. The number of likely N-dealkylation sites (N-methyl/N-ethyl adjacent to an activating group) is 1. The number of carboxylic acid groups (broad SMARTS) is 1. The molecule has 1 unspecified atom stereocenters. The third-order valence-corrected chi connectivity index (χ3v) is 3.36. The Morgan fingerprint density at radius 3 is 2.35 bits per heavy atom. The Hall–Kier alpha value is -2.04. The predicted octanol–water partition coefficient (Wildman–Crippen LogP) is 2.25. The lowest BCUT2D eigenvalue weighted by atomic mass is 9.89. The molecule has 110 valence electrons. The molecule has 0 bridgehead atoms. The molecule has 5 nitrogen and oxygen atoms in total. The van der Waals surface area contributed by atoms with Crippen molar-refractivity contribution in [2.75, 3.05) is 13.2 Å². The van der Waals surface area contributed by atoms with Gasteiger partial charge in [-0.15, -0.1) is 0 Å². The second-order valence-electron chi connectivity index (χ2n) is 4.57. The molecule has 1 N–H and O–H groups in total. The van der Waals surface area contributed by atoms with Crippen LogP contribution in [0.2, 0.25) is 0 Å². The molecule has 0 fully saturated rings. The molecule has 1 aromatic rings. The average Bonchev–Trinajstić information content (AvgIpc) is 2.39. The Morgan fingerprint density at radius 1 is 1.30 bits per heavy atom. The first-order valence-corrected chi connectivity index (χ1v) is 6.63. The lowest BCUT2D eigenvalue weighted by Crippen LogP contribution is -2.52. The van der Waals surface area contributed by atoms with Crippen molar-refractivity contribution in [3.05, 3.63) is 29.8 Å². The lowest BCUT2D eigenvalue weighted by molar-refractivity contribution is -0.158. The van der Waals surface area contributed by atoms with Gasteiger partial charge in [0.2, 0.25) is 5.91 Å². The van der Waals surface area contributed by atoms with Gasteiger partial charge in [-0.25, -0.2) is 4.79 Å². The average molecular weight is 279 g/mol. The number of carboxylic acids is 1. The first-order chi connectivity index (χ1) is 9.39. The van der Waals surface area contributed by atoms with Crippen molar-refractivity contribution in [3.63, 3.8) is 0 Å². The zero-order valence-electron chi connectivity index (χ0n) is 12.3. The Morgan fingerprint density at radius 2 is 1.90 bits per heavy atom. The summed E-state index contributed by atoms with van der Waals surface area (Å²) in [5, 5.41) is 9.68. The molecule has 20 heavy (non-hydrogen) atoms. The van der Waals surface area contributed by atoms with Gasteiger partial charge in [0.15, 0.2) is 5.54 Å². The van der Waals surface area contributed by atoms with E-state index in [4.69, 9.17) is 4.74 Å². The summed E-state index contributed by atoms with van der Waals surface area (Å²) in [5.41, 5.74) is -0.974. The number of amides is 1. The van der Waals surface area contributed by atoms with Crippen molar-refractivity contribution in [1.29, 1.82) is 0 Å². The quantitative estimate of drug-likeness (QED) is 0.867. The van der Waals surface area contributed by atoms with Crippen LogP contribution in [0.25, 0.3) is 0 Å². The second-order valence-corrected chi connectivity index (χ2v) is 4.57. The van der Waals surface area contributed by atoms with E-state index in [0.717, 1.165) is 0 Å². The van der Waals surface area contributed by atoms with Gasteiger partial charge >= 0.3 is 5.97 Å². The van der Waals surface area contributed by atoms with Crippen LogP contribution in [0.3, 0.4) is 0 Å². The van der Waals surface area contributed by atoms with Crippen molar-refractivity contribution in [1.82, 2.24) is 4.90 Å². The molecular formula is C15H21NO4. The van der Waals surface area contributed by atoms with E-state index >= 15 is 0 Å². The van der Waals surface area contributed by atoms with Crippen LogP contribution in [-0.4, -0.2) is 35.0 Å². The molecule has 0 heterocycles. The number of rotatable bonds is 6. The summed E-state index contributed by atoms with van der Waals surface area (Å²) in [6.45, 7) is 7.22. The van der Waals surface area contributed by atoms with E-state index in [1.54, 1.807) is 31.2 Å². The number of hydrogen-bond donors (Lipinski definition) is 1. The van der Waals surface area contributed by atoms with Crippen LogP contribution in [0.5, 0.6) is 5.75 Å². The summed E-state index contributed by atoms with van der Waals surface area (Å²) < 4.78 is 5.51. The Kier molecular flexibility index (Phi) is 5.13. The van der Waals surface area contributed by atoms with Gasteiger partial charge in [-0.2, -0.15) is 0 Å². The highest BCUT2D eigenvalue weighted by atomic mass is 16.5. The zero-order chi connectivity index (χ0) is 15.3. The number of hydrogen-bond acceptors (Lipinski definition) is 3. The predicted molar refractivity (Wildman–Crippen MR) is 75.7 cm³/mol. The molecule has 0 saturated carbocycles. The highest BCUT2D eigenvalue weighted by Crippen LogP contribution is 2.35. The molecule has 0 spiro atoms. The lowest BCUT2D eigenvalue weighted by Gasteiger charge is -2.37. The second kappa shape index (κ2) is 6.41. The smallest absolute Gasteiger partial charge is 0.334 e. The van der Waals surface area contributed by atoms with Crippen molar-refractivity contribution in [3.8, 4) is 5.75 Å². The molecule has 1 atom stereocenters. The van der Waals surface area contributed by atoms with Crippen LogP contribution in [-0.2, 0) is 15.1 Å². The fraction of sp³-hybridized carbons (Fsp3) is 0.467. The van der Waals surface area contributed by atoms with E-state index in [1.807, 2.05) is 6.92 Å². The summed E-state index contributed by atoms with van der Waals surface area (Å²) in [7, 11) is 0. The summed E-state index contributed by atoms with van der Waals surface area (Å²) >= 11 is 0. The molecule has 0 aromatic heterocycles. The largest absolute Gasteiger partial charge is 0.493 e. The molecule has 5 heteroatoms. The van der Waals surface area contributed by atoms with E-state index < -0.39 is 11.5 Å². The molecule has 0 saturated heterocycles. The van der Waals surface area contributed by atoms with Crippen molar-refractivity contribution < 1.29 is 19.4 Å². The third kappa shape index (κ3) is 2.76. The van der Waals surface area contributed by atoms with Crippen LogP contribution >= 0.6 is 0 Å². The van der Waals surface area contributed by atoms with E-state index in [0.29, 0.717) is 24.5 Å². The number of para-hydroxylation sites is 1. The topological polar surface area (TPSA) is 66.8 Å². The number of benzene rings is 1. The summed E-state index contributed by atoms with van der Waals surface area (Å²) in [6.07, 6.45) is 0. The van der Waals surface area contributed by atoms with Crippen molar-refractivity contribution >= 4 is 11.9 Å². The fourth-order valence-corrected chi connectivity index (χ4v) is 2.38. The van der Waals surface area contributed by atoms with Crippen LogP contribution < -0.4 is 4.74 Å². The normalized spacial score (nSPS) is 13.4. The van der Waals surface area contributed by atoms with Gasteiger partial charge in [0.05, 0.1) is 6.61 Å². The number of ether oxygens (including phenoxy) is 1. The van der Waals surface area contributed by atoms with Crippen LogP contribution in [0.4, 0.5) is 0 Å². The SMILES string of the molecule is CCOc1ccccc1C(C)(C(=O)O)N(CC)C(C)=O. The van der Waals surface area contributed by atoms with Gasteiger partial charge in [-0.1, -0.05) is 18.2 Å². The molecule has 0 radical (unpaired) electrons. The maximum atomic E-state index is 11.8. The van der Waals surface area contributed by atoms with Gasteiger partial charge in [0, 0.05) is 19.0 Å². The number of carbonyl (C=O) groups is 2. The Bertz CT molecular complexity index is 500. The number of aliphatic carboxylic acids is 1. The Labute approximate surface area is 119 Å². The first-order valence-electron chi connectivity index (χ1n) is 6.63. The van der Waals surface area contributed by atoms with E-state index in [1.165, 1.54) is 18.7 Å². The van der Waals surface area contributed by atoms with Crippen molar-refractivity contribution in [2.24, 2.45) is 0 Å².